The Balaban J connectivity index is 2.19. The van der Waals surface area contributed by atoms with Gasteiger partial charge in [-0.25, -0.2) is 4.98 Å². The fraction of sp³-hybridized carbons (Fsp3) is 0.400. The number of para-hydroxylation sites is 1. The third-order valence-electron chi connectivity index (χ3n) is 3.90. The van der Waals surface area contributed by atoms with Crippen molar-refractivity contribution in [1.29, 1.82) is 0 Å². The zero-order valence-corrected chi connectivity index (χ0v) is 12.9. The quantitative estimate of drug-likeness (QED) is 0.838. The molecule has 3 rings (SSSR count). The van der Waals surface area contributed by atoms with E-state index in [1.807, 2.05) is 0 Å². The molecule has 128 valence electrons. The van der Waals surface area contributed by atoms with Gasteiger partial charge in [-0.2, -0.15) is 13.2 Å². The number of benzene rings is 1. The molecule has 0 aliphatic carbocycles. The first kappa shape index (κ1) is 16.4. The lowest BCUT2D eigenvalue weighted by Gasteiger charge is -2.37. The number of nitrogens with zero attached hydrogens (tertiary/aromatic N) is 3. The van der Waals surface area contributed by atoms with Gasteiger partial charge in [0.2, 0.25) is 5.91 Å². The molecule has 6 nitrogen and oxygen atoms in total. The molecule has 1 aliphatic heterocycles. The first-order chi connectivity index (χ1) is 11.2. The minimum atomic E-state index is -4.56. The Hall–Kier alpha value is -2.42. The van der Waals surface area contributed by atoms with E-state index in [2.05, 4.69) is 4.98 Å². The van der Waals surface area contributed by atoms with E-state index in [1.165, 1.54) is 14.0 Å². The number of ether oxygens (including phenoxy) is 1. The molecule has 0 bridgehead atoms. The van der Waals surface area contributed by atoms with Gasteiger partial charge in [0.1, 0.15) is 12.6 Å². The molecule has 1 aliphatic rings. The first-order valence-corrected chi connectivity index (χ1v) is 7.17. The lowest BCUT2D eigenvalue weighted by Crippen LogP contribution is -2.48. The number of carbonyl (C=O) groups excluding carboxylic acids is 1. The van der Waals surface area contributed by atoms with Crippen molar-refractivity contribution in [3.05, 3.63) is 40.4 Å². The maximum Gasteiger partial charge on any atom is 0.411 e. The summed E-state index contributed by atoms with van der Waals surface area (Å²) in [5, 5.41) is 0.292. The van der Waals surface area contributed by atoms with Gasteiger partial charge < -0.3 is 9.64 Å². The number of rotatable bonds is 2. The highest BCUT2D eigenvalue weighted by atomic mass is 19.4. The summed E-state index contributed by atoms with van der Waals surface area (Å²) in [4.78, 5) is 30.3. The normalized spacial score (nSPS) is 21.2. The van der Waals surface area contributed by atoms with Crippen LogP contribution in [0.5, 0.6) is 0 Å². The van der Waals surface area contributed by atoms with Gasteiger partial charge in [0, 0.05) is 7.05 Å². The maximum atomic E-state index is 12.7. The standard InChI is InChI=1S/C15H14F3N3O3/c1-8-12(22)20(2)14(24-7-15(16,17)18)11-19-10-6-4-3-5-9(10)13(23)21(8)11/h3-6,8,14H,7H2,1-2H3/t8-,14-/m0/s1. The largest absolute Gasteiger partial charge is 0.411 e. The molecular formula is C15H14F3N3O3. The zero-order chi connectivity index (χ0) is 17.6. The summed E-state index contributed by atoms with van der Waals surface area (Å²) in [5.41, 5.74) is -0.144. The number of halogens is 3. The van der Waals surface area contributed by atoms with Gasteiger partial charge >= 0.3 is 6.18 Å². The van der Waals surface area contributed by atoms with Crippen LogP contribution in [-0.2, 0) is 9.53 Å². The van der Waals surface area contributed by atoms with E-state index in [0.29, 0.717) is 10.9 Å². The molecule has 0 fully saturated rings. The smallest absolute Gasteiger partial charge is 0.341 e. The van der Waals surface area contributed by atoms with Crippen LogP contribution in [0.2, 0.25) is 0 Å². The molecule has 1 amide bonds. The van der Waals surface area contributed by atoms with E-state index in [1.54, 1.807) is 24.3 Å². The second kappa shape index (κ2) is 5.59. The van der Waals surface area contributed by atoms with Crippen molar-refractivity contribution < 1.29 is 22.7 Å². The van der Waals surface area contributed by atoms with Crippen LogP contribution < -0.4 is 5.56 Å². The van der Waals surface area contributed by atoms with Crippen LogP contribution >= 0.6 is 0 Å². The molecule has 0 N–H and O–H groups in total. The molecule has 0 spiro atoms. The molecule has 2 atom stereocenters. The lowest BCUT2D eigenvalue weighted by molar-refractivity contribution is -0.209. The van der Waals surface area contributed by atoms with E-state index < -0.39 is 36.5 Å². The van der Waals surface area contributed by atoms with Crippen molar-refractivity contribution in [3.63, 3.8) is 0 Å². The van der Waals surface area contributed by atoms with Crippen molar-refractivity contribution in [2.45, 2.75) is 25.4 Å². The van der Waals surface area contributed by atoms with Crippen molar-refractivity contribution in [1.82, 2.24) is 14.5 Å². The van der Waals surface area contributed by atoms with Gasteiger partial charge in [0.25, 0.3) is 5.56 Å². The van der Waals surface area contributed by atoms with Crippen LogP contribution in [0, 0.1) is 0 Å². The molecular weight excluding hydrogens is 327 g/mol. The first-order valence-electron chi connectivity index (χ1n) is 7.17. The van der Waals surface area contributed by atoms with Crippen LogP contribution in [0.4, 0.5) is 13.2 Å². The second-order valence-electron chi connectivity index (χ2n) is 5.57. The average Bonchev–Trinajstić information content (AvgIpc) is 2.51. The third kappa shape index (κ3) is 2.64. The minimum absolute atomic E-state index is 0.0162. The number of hydrogen-bond donors (Lipinski definition) is 0. The van der Waals surface area contributed by atoms with Gasteiger partial charge in [-0.15, -0.1) is 0 Å². The van der Waals surface area contributed by atoms with Crippen molar-refractivity contribution in [2.24, 2.45) is 0 Å². The molecule has 2 aromatic rings. The Morgan fingerprint density at radius 3 is 2.58 bits per heavy atom. The van der Waals surface area contributed by atoms with Gasteiger partial charge in [-0.1, -0.05) is 12.1 Å². The second-order valence-corrected chi connectivity index (χ2v) is 5.57. The Morgan fingerprint density at radius 1 is 1.25 bits per heavy atom. The SMILES string of the molecule is C[C@H]1C(=O)N(C)[C@@H](OCC(F)(F)F)c2nc3ccccc3c(=O)n21. The highest BCUT2D eigenvalue weighted by Crippen LogP contribution is 2.31. The topological polar surface area (TPSA) is 64.4 Å². The van der Waals surface area contributed by atoms with Crippen LogP contribution in [0.15, 0.2) is 29.1 Å². The highest BCUT2D eigenvalue weighted by Gasteiger charge is 2.40. The monoisotopic (exact) mass is 341 g/mol. The summed E-state index contributed by atoms with van der Waals surface area (Å²) in [6.45, 7) is -0.0491. The number of alkyl halides is 3. The fourth-order valence-corrected chi connectivity index (χ4v) is 2.77. The summed E-state index contributed by atoms with van der Waals surface area (Å²) < 4.78 is 43.5. The summed E-state index contributed by atoms with van der Waals surface area (Å²) in [7, 11) is 1.32. The van der Waals surface area contributed by atoms with Gasteiger partial charge in [0.05, 0.1) is 10.9 Å². The van der Waals surface area contributed by atoms with E-state index >= 15 is 0 Å². The molecule has 0 saturated heterocycles. The molecule has 0 unspecified atom stereocenters. The van der Waals surface area contributed by atoms with Crippen molar-refractivity contribution >= 4 is 16.8 Å². The van der Waals surface area contributed by atoms with E-state index in [9.17, 15) is 22.8 Å². The number of amides is 1. The predicted molar refractivity (Wildman–Crippen MR) is 78.2 cm³/mol. The van der Waals surface area contributed by atoms with Gasteiger partial charge in [-0.05, 0) is 19.1 Å². The van der Waals surface area contributed by atoms with E-state index in [0.717, 1.165) is 9.47 Å². The minimum Gasteiger partial charge on any atom is -0.341 e. The molecule has 0 saturated carbocycles. The van der Waals surface area contributed by atoms with Gasteiger partial charge in [0.15, 0.2) is 12.1 Å². The molecule has 2 heterocycles. The van der Waals surface area contributed by atoms with Crippen molar-refractivity contribution in [2.75, 3.05) is 13.7 Å². The predicted octanol–water partition coefficient (Wildman–Crippen LogP) is 2.01. The Kier molecular flexibility index (Phi) is 3.83. The van der Waals surface area contributed by atoms with Crippen LogP contribution in [0.1, 0.15) is 25.0 Å². The third-order valence-corrected chi connectivity index (χ3v) is 3.90. The molecule has 24 heavy (non-hydrogen) atoms. The Morgan fingerprint density at radius 2 is 1.92 bits per heavy atom. The molecule has 1 aromatic carbocycles. The summed E-state index contributed by atoms with van der Waals surface area (Å²) in [5.74, 6) is -0.536. The van der Waals surface area contributed by atoms with Crippen molar-refractivity contribution in [3.8, 4) is 0 Å². The maximum absolute atomic E-state index is 12.7. The summed E-state index contributed by atoms with van der Waals surface area (Å²) in [6.07, 6.45) is -5.94. The summed E-state index contributed by atoms with van der Waals surface area (Å²) >= 11 is 0. The fourth-order valence-electron chi connectivity index (χ4n) is 2.77. The Bertz CT molecular complexity index is 862. The Labute approximate surface area is 134 Å². The summed E-state index contributed by atoms with van der Waals surface area (Å²) in [6, 6.07) is 5.58. The average molecular weight is 341 g/mol. The molecule has 0 radical (unpaired) electrons. The number of aromatic nitrogens is 2. The number of carbonyl (C=O) groups is 1. The molecule has 9 heteroatoms. The van der Waals surface area contributed by atoms with Crippen LogP contribution in [0.3, 0.4) is 0 Å². The lowest BCUT2D eigenvalue weighted by atomic mass is 10.1. The highest BCUT2D eigenvalue weighted by molar-refractivity contribution is 5.83. The number of fused-ring (bicyclic) bond motifs is 2. The van der Waals surface area contributed by atoms with E-state index in [4.69, 9.17) is 4.74 Å². The van der Waals surface area contributed by atoms with Crippen LogP contribution in [-0.4, -0.2) is 40.2 Å². The zero-order valence-electron chi connectivity index (χ0n) is 12.9. The van der Waals surface area contributed by atoms with Crippen LogP contribution in [0.25, 0.3) is 10.9 Å². The van der Waals surface area contributed by atoms with Gasteiger partial charge in [-0.3, -0.25) is 14.2 Å². The van der Waals surface area contributed by atoms with E-state index in [-0.39, 0.29) is 5.82 Å². The number of likely N-dealkylation sites (N-methyl/N-ethyl adjacent to an activating group) is 1. The number of hydrogen-bond acceptors (Lipinski definition) is 4. The molecule has 1 aromatic heterocycles.